The summed E-state index contributed by atoms with van der Waals surface area (Å²) in [4.78, 5) is 35.8. The molecular formula is C25H25F3N2O5. The number of hydrogen-bond acceptors (Lipinski definition) is 4. The molecule has 1 atom stereocenters. The number of carbonyl (C=O) groups is 3. The first kappa shape index (κ1) is 24.6. The first-order valence-corrected chi connectivity index (χ1v) is 11.3. The van der Waals surface area contributed by atoms with Gasteiger partial charge in [-0.15, -0.1) is 0 Å². The summed E-state index contributed by atoms with van der Waals surface area (Å²) in [6, 6.07) is 12.8. The Balaban J connectivity index is 1.35. The maximum Gasteiger partial charge on any atom is 0.408 e. The minimum atomic E-state index is -4.81. The molecule has 186 valence electrons. The van der Waals surface area contributed by atoms with Gasteiger partial charge in [0.1, 0.15) is 18.2 Å². The van der Waals surface area contributed by atoms with Crippen molar-refractivity contribution >= 4 is 18.0 Å². The molecule has 4 rings (SSSR count). The molecule has 10 heteroatoms. The predicted octanol–water partition coefficient (Wildman–Crippen LogP) is 4.36. The zero-order valence-corrected chi connectivity index (χ0v) is 18.7. The summed E-state index contributed by atoms with van der Waals surface area (Å²) in [6.07, 6.45) is -6.31. The van der Waals surface area contributed by atoms with Gasteiger partial charge in [-0.05, 0) is 47.9 Å². The molecule has 1 saturated carbocycles. The lowest BCUT2D eigenvalue weighted by molar-refractivity contribution is -0.158. The Morgan fingerprint density at radius 1 is 1.03 bits per heavy atom. The summed E-state index contributed by atoms with van der Waals surface area (Å²) >= 11 is 0. The molecule has 2 amide bonds. The molecule has 2 aromatic carbocycles. The van der Waals surface area contributed by atoms with E-state index in [1.165, 1.54) is 0 Å². The fraction of sp³-hybridized carbons (Fsp3) is 0.400. The molecule has 0 unspecified atom stereocenters. The molecule has 0 spiro atoms. The van der Waals surface area contributed by atoms with Gasteiger partial charge in [0.2, 0.25) is 5.91 Å². The Morgan fingerprint density at radius 2 is 1.60 bits per heavy atom. The second-order valence-corrected chi connectivity index (χ2v) is 8.89. The third-order valence-electron chi connectivity index (χ3n) is 6.69. The molecule has 0 aromatic heterocycles. The maximum atomic E-state index is 13.5. The van der Waals surface area contributed by atoms with Crippen molar-refractivity contribution in [2.45, 2.75) is 55.8 Å². The number of alkyl carbamates (subject to hydrolysis) is 1. The summed E-state index contributed by atoms with van der Waals surface area (Å²) < 4.78 is 45.7. The smallest absolute Gasteiger partial charge is 0.408 e. The lowest BCUT2D eigenvalue weighted by atomic mass is 9.76. The van der Waals surface area contributed by atoms with Crippen molar-refractivity contribution < 1.29 is 37.4 Å². The van der Waals surface area contributed by atoms with Crippen LogP contribution < -0.4 is 10.6 Å². The van der Waals surface area contributed by atoms with Crippen molar-refractivity contribution in [3.05, 3.63) is 59.7 Å². The van der Waals surface area contributed by atoms with E-state index in [1.54, 1.807) is 0 Å². The van der Waals surface area contributed by atoms with E-state index < -0.39 is 48.6 Å². The fourth-order valence-corrected chi connectivity index (χ4v) is 4.63. The molecule has 1 fully saturated rings. The van der Waals surface area contributed by atoms with Gasteiger partial charge in [-0.2, -0.15) is 13.2 Å². The van der Waals surface area contributed by atoms with Crippen LogP contribution in [0.3, 0.4) is 0 Å². The molecule has 2 aromatic rings. The number of benzene rings is 2. The van der Waals surface area contributed by atoms with Gasteiger partial charge < -0.3 is 20.5 Å². The Bertz CT molecular complexity index is 1080. The summed E-state index contributed by atoms with van der Waals surface area (Å²) in [6.45, 7) is -0.147. The van der Waals surface area contributed by atoms with Crippen LogP contribution in [0.15, 0.2) is 48.5 Å². The van der Waals surface area contributed by atoms with Crippen LogP contribution >= 0.6 is 0 Å². The van der Waals surface area contributed by atoms with Gasteiger partial charge in [0.15, 0.2) is 0 Å². The van der Waals surface area contributed by atoms with Crippen molar-refractivity contribution in [1.29, 1.82) is 0 Å². The number of nitrogens with one attached hydrogen (secondary N) is 2. The van der Waals surface area contributed by atoms with Crippen molar-refractivity contribution in [3.8, 4) is 11.1 Å². The van der Waals surface area contributed by atoms with Crippen LogP contribution in [0.4, 0.5) is 18.0 Å². The molecule has 0 heterocycles. The monoisotopic (exact) mass is 490 g/mol. The topological polar surface area (TPSA) is 105 Å². The highest BCUT2D eigenvalue weighted by atomic mass is 19.4. The number of carbonyl (C=O) groups excluding carboxylic acids is 2. The van der Waals surface area contributed by atoms with Crippen LogP contribution in [0, 0.1) is 0 Å². The first-order valence-electron chi connectivity index (χ1n) is 11.3. The Hall–Kier alpha value is -3.56. The SMILES string of the molecule is O=C(CC[C@H](NC(=O)OCC1c2ccccc2-c2ccccc21)C(F)(F)F)NC1(C(=O)O)CCC1. The van der Waals surface area contributed by atoms with E-state index in [-0.39, 0.29) is 25.4 Å². The molecular weight excluding hydrogens is 465 g/mol. The Kier molecular flexibility index (Phi) is 6.73. The summed E-state index contributed by atoms with van der Waals surface area (Å²) in [5.41, 5.74) is 2.41. The van der Waals surface area contributed by atoms with Crippen LogP contribution in [0.5, 0.6) is 0 Å². The zero-order chi connectivity index (χ0) is 25.2. The number of amides is 2. The number of rotatable bonds is 8. The minimum Gasteiger partial charge on any atom is -0.480 e. The van der Waals surface area contributed by atoms with Gasteiger partial charge in [-0.3, -0.25) is 4.79 Å². The molecule has 0 aliphatic heterocycles. The van der Waals surface area contributed by atoms with Crippen molar-refractivity contribution in [2.24, 2.45) is 0 Å². The van der Waals surface area contributed by atoms with Gasteiger partial charge in [-0.1, -0.05) is 48.5 Å². The standard InChI is InChI=1S/C25H25F3N2O5/c26-25(27,28)20(10-11-21(31)30-24(22(32)33)12-5-13-24)29-23(34)35-14-19-17-8-3-1-6-15(17)16-7-2-4-9-18(16)19/h1-4,6-9,19-20H,5,10-14H2,(H,29,34)(H,30,31)(H,32,33)/t20-/m0/s1. The molecule has 2 aliphatic carbocycles. The van der Waals surface area contributed by atoms with E-state index in [1.807, 2.05) is 53.8 Å². The van der Waals surface area contributed by atoms with Crippen LogP contribution in [0.1, 0.15) is 49.1 Å². The third-order valence-corrected chi connectivity index (χ3v) is 6.69. The first-order chi connectivity index (χ1) is 16.6. The highest BCUT2D eigenvalue weighted by molar-refractivity contribution is 5.88. The number of halogens is 3. The van der Waals surface area contributed by atoms with Gasteiger partial charge in [0.05, 0.1) is 0 Å². The molecule has 35 heavy (non-hydrogen) atoms. The highest BCUT2D eigenvalue weighted by Gasteiger charge is 2.46. The number of carboxylic acid groups (broad SMARTS) is 1. The zero-order valence-electron chi connectivity index (χ0n) is 18.7. The second kappa shape index (κ2) is 9.59. The molecule has 3 N–H and O–H groups in total. The molecule has 0 radical (unpaired) electrons. The van der Waals surface area contributed by atoms with Gasteiger partial charge in [0.25, 0.3) is 0 Å². The largest absolute Gasteiger partial charge is 0.480 e. The lowest BCUT2D eigenvalue weighted by Gasteiger charge is -2.38. The predicted molar refractivity (Wildman–Crippen MR) is 120 cm³/mol. The maximum absolute atomic E-state index is 13.5. The van der Waals surface area contributed by atoms with Crippen LogP contribution in [0.25, 0.3) is 11.1 Å². The average molecular weight is 490 g/mol. The van der Waals surface area contributed by atoms with E-state index >= 15 is 0 Å². The molecule has 7 nitrogen and oxygen atoms in total. The van der Waals surface area contributed by atoms with Gasteiger partial charge >= 0.3 is 18.2 Å². The minimum absolute atomic E-state index is 0.147. The number of ether oxygens (including phenoxy) is 1. The van der Waals surface area contributed by atoms with E-state index in [2.05, 4.69) is 5.32 Å². The molecule has 0 bridgehead atoms. The number of fused-ring (bicyclic) bond motifs is 3. The third kappa shape index (κ3) is 5.11. The van der Waals surface area contributed by atoms with E-state index in [4.69, 9.17) is 4.74 Å². The number of hydrogen-bond donors (Lipinski definition) is 3. The van der Waals surface area contributed by atoms with Gasteiger partial charge in [0, 0.05) is 12.3 Å². The van der Waals surface area contributed by atoms with Crippen molar-refractivity contribution in [2.75, 3.05) is 6.61 Å². The van der Waals surface area contributed by atoms with Gasteiger partial charge in [-0.25, -0.2) is 9.59 Å². The average Bonchev–Trinajstić information content (AvgIpc) is 3.10. The summed E-state index contributed by atoms with van der Waals surface area (Å²) in [5, 5.41) is 13.4. The van der Waals surface area contributed by atoms with E-state index in [0.717, 1.165) is 22.3 Å². The second-order valence-electron chi connectivity index (χ2n) is 8.89. The normalized spacial score (nSPS) is 16.9. The number of alkyl halides is 3. The van der Waals surface area contributed by atoms with Crippen LogP contribution in [-0.4, -0.2) is 47.4 Å². The fourth-order valence-electron chi connectivity index (χ4n) is 4.63. The molecule has 2 aliphatic rings. The summed E-state index contributed by atoms with van der Waals surface area (Å²) in [7, 11) is 0. The van der Waals surface area contributed by atoms with E-state index in [9.17, 15) is 32.7 Å². The number of aliphatic carboxylic acids is 1. The van der Waals surface area contributed by atoms with Crippen molar-refractivity contribution in [1.82, 2.24) is 10.6 Å². The van der Waals surface area contributed by atoms with E-state index in [0.29, 0.717) is 6.42 Å². The van der Waals surface area contributed by atoms with Crippen LogP contribution in [0.2, 0.25) is 0 Å². The number of carboxylic acids is 1. The lowest BCUT2D eigenvalue weighted by Crippen LogP contribution is -2.59. The van der Waals surface area contributed by atoms with Crippen molar-refractivity contribution in [3.63, 3.8) is 0 Å². The highest BCUT2D eigenvalue weighted by Crippen LogP contribution is 2.44. The Labute approximate surface area is 199 Å². The Morgan fingerprint density at radius 3 is 2.09 bits per heavy atom. The van der Waals surface area contributed by atoms with Crippen LogP contribution in [-0.2, 0) is 14.3 Å². The molecule has 0 saturated heterocycles. The summed E-state index contributed by atoms with van der Waals surface area (Å²) in [5.74, 6) is -2.32. The quantitative estimate of drug-likeness (QED) is 0.510.